The number of fused-ring (bicyclic) bond motifs is 3. The third kappa shape index (κ3) is 0.853. The normalized spacial score (nSPS) is 14.2. The quantitative estimate of drug-likeness (QED) is 0.630. The van der Waals surface area contributed by atoms with Crippen LogP contribution in [-0.2, 0) is 0 Å². The van der Waals surface area contributed by atoms with E-state index in [1.807, 2.05) is 24.3 Å². The Balaban J connectivity index is 2.42. The van der Waals surface area contributed by atoms with Gasteiger partial charge in [0.15, 0.2) is 0 Å². The third-order valence-electron chi connectivity index (χ3n) is 2.18. The van der Waals surface area contributed by atoms with Gasteiger partial charge in [-0.25, -0.2) is 0 Å². The van der Waals surface area contributed by atoms with Gasteiger partial charge in [-0.2, -0.15) is 5.11 Å². The summed E-state index contributed by atoms with van der Waals surface area (Å²) in [5, 5.41) is 12.3. The van der Waals surface area contributed by atoms with Gasteiger partial charge in [-0.3, -0.25) is 0 Å². The minimum Gasteiger partial charge on any atom is -0.349 e. The van der Waals surface area contributed by atoms with Crippen molar-refractivity contribution in [3.8, 4) is 0 Å². The summed E-state index contributed by atoms with van der Waals surface area (Å²) in [4.78, 5) is 3.25. The number of para-hydroxylation sites is 1. The van der Waals surface area contributed by atoms with Gasteiger partial charge in [0, 0.05) is 10.9 Å². The largest absolute Gasteiger partial charge is 0.349 e. The lowest BCUT2D eigenvalue weighted by atomic mass is 10.2. The summed E-state index contributed by atoms with van der Waals surface area (Å²) < 4.78 is 0. The van der Waals surface area contributed by atoms with Crippen molar-refractivity contribution in [3.63, 3.8) is 0 Å². The molecule has 0 saturated heterocycles. The average Bonchev–Trinajstić information content (AvgIpc) is 2.56. The maximum atomic E-state index is 4.11. The van der Waals surface area contributed by atoms with E-state index in [-0.39, 0.29) is 0 Å². The lowest BCUT2D eigenvalue weighted by Crippen LogP contribution is -2.00. The summed E-state index contributed by atoms with van der Waals surface area (Å²) in [6.07, 6.45) is 0. The maximum Gasteiger partial charge on any atom is 0.135 e. The first-order chi connectivity index (χ1) is 6.45. The molecular weight excluding hydrogens is 164 g/mol. The third-order valence-corrected chi connectivity index (χ3v) is 2.18. The maximum absolute atomic E-state index is 4.11. The number of benzene rings is 1. The van der Waals surface area contributed by atoms with E-state index in [0.717, 1.165) is 22.4 Å². The first kappa shape index (κ1) is 6.65. The van der Waals surface area contributed by atoms with E-state index in [1.165, 1.54) is 0 Å². The Morgan fingerprint density at radius 2 is 2.15 bits per heavy atom. The second-order valence-corrected chi connectivity index (χ2v) is 2.97. The lowest BCUT2D eigenvalue weighted by molar-refractivity contribution is 0.979. The van der Waals surface area contributed by atoms with Crippen LogP contribution in [0.2, 0.25) is 0 Å². The van der Waals surface area contributed by atoms with Crippen molar-refractivity contribution in [1.82, 2.24) is 4.98 Å². The van der Waals surface area contributed by atoms with Gasteiger partial charge in [-0.1, -0.05) is 18.2 Å². The first-order valence-electron chi connectivity index (χ1n) is 4.17. The molecule has 0 amide bonds. The van der Waals surface area contributed by atoms with Gasteiger partial charge in [-0.15, -0.1) is 5.11 Å². The molecule has 0 saturated carbocycles. The van der Waals surface area contributed by atoms with E-state index < -0.39 is 0 Å². The molecule has 0 fully saturated rings. The van der Waals surface area contributed by atoms with E-state index in [2.05, 4.69) is 20.5 Å². The number of anilines is 1. The lowest BCUT2D eigenvalue weighted by Gasteiger charge is -2.04. The molecule has 0 radical (unpaired) electrons. The van der Waals surface area contributed by atoms with Gasteiger partial charge in [0.2, 0.25) is 0 Å². The van der Waals surface area contributed by atoms with Crippen LogP contribution in [0.5, 0.6) is 0 Å². The van der Waals surface area contributed by atoms with Crippen LogP contribution in [0.25, 0.3) is 10.9 Å². The molecule has 1 aliphatic heterocycles. The topological polar surface area (TPSA) is 52.5 Å². The summed E-state index contributed by atoms with van der Waals surface area (Å²) in [6.45, 7) is 0.555. The summed E-state index contributed by atoms with van der Waals surface area (Å²) in [5.41, 5.74) is 2.02. The molecule has 3 rings (SSSR count). The molecule has 1 aromatic heterocycles. The van der Waals surface area contributed by atoms with Gasteiger partial charge >= 0.3 is 0 Å². The van der Waals surface area contributed by atoms with E-state index in [4.69, 9.17) is 0 Å². The Bertz CT molecular complexity index is 483. The SMILES string of the molecule is c1ccc2c3c([nH]c2c1)NCN=N3. The summed E-state index contributed by atoms with van der Waals surface area (Å²) >= 11 is 0. The van der Waals surface area contributed by atoms with Gasteiger partial charge in [0.05, 0.1) is 0 Å². The van der Waals surface area contributed by atoms with Crippen LogP contribution in [0.4, 0.5) is 11.5 Å². The molecule has 1 aliphatic rings. The Morgan fingerprint density at radius 1 is 1.23 bits per heavy atom. The average molecular weight is 172 g/mol. The summed E-state index contributed by atoms with van der Waals surface area (Å²) in [7, 11) is 0. The van der Waals surface area contributed by atoms with E-state index >= 15 is 0 Å². The summed E-state index contributed by atoms with van der Waals surface area (Å²) in [5.74, 6) is 0.969. The Labute approximate surface area is 74.7 Å². The minimum absolute atomic E-state index is 0.555. The van der Waals surface area contributed by atoms with Crippen LogP contribution in [0, 0.1) is 0 Å². The molecule has 0 aliphatic carbocycles. The van der Waals surface area contributed by atoms with Crippen molar-refractivity contribution in [2.75, 3.05) is 12.0 Å². The highest BCUT2D eigenvalue weighted by atomic mass is 15.3. The molecule has 2 heterocycles. The molecule has 4 heteroatoms. The van der Waals surface area contributed by atoms with Crippen molar-refractivity contribution in [1.29, 1.82) is 0 Å². The fraction of sp³-hybridized carbons (Fsp3) is 0.111. The molecule has 1 aromatic carbocycles. The first-order valence-corrected chi connectivity index (χ1v) is 4.17. The predicted octanol–water partition coefficient (Wildman–Crippen LogP) is 2.63. The Hall–Kier alpha value is -1.84. The van der Waals surface area contributed by atoms with Crippen molar-refractivity contribution in [3.05, 3.63) is 24.3 Å². The van der Waals surface area contributed by atoms with Crippen LogP contribution in [0.1, 0.15) is 0 Å². The molecule has 0 unspecified atom stereocenters. The fourth-order valence-corrected chi connectivity index (χ4v) is 1.58. The van der Waals surface area contributed by atoms with Crippen LogP contribution >= 0.6 is 0 Å². The van der Waals surface area contributed by atoms with Crippen LogP contribution in [0.15, 0.2) is 34.5 Å². The zero-order valence-corrected chi connectivity index (χ0v) is 6.91. The molecule has 2 N–H and O–H groups in total. The number of H-pyrrole nitrogens is 1. The van der Waals surface area contributed by atoms with Crippen molar-refractivity contribution >= 4 is 22.4 Å². The monoisotopic (exact) mass is 172 g/mol. The van der Waals surface area contributed by atoms with Crippen LogP contribution in [-0.4, -0.2) is 11.7 Å². The van der Waals surface area contributed by atoms with Gasteiger partial charge in [-0.05, 0) is 6.07 Å². The molecule has 0 bridgehead atoms. The molecular formula is C9H8N4. The zero-order valence-electron chi connectivity index (χ0n) is 6.91. The zero-order chi connectivity index (χ0) is 8.67. The highest BCUT2D eigenvalue weighted by Crippen LogP contribution is 2.35. The van der Waals surface area contributed by atoms with Gasteiger partial charge in [0.1, 0.15) is 18.2 Å². The van der Waals surface area contributed by atoms with Crippen molar-refractivity contribution in [2.24, 2.45) is 10.2 Å². The number of rotatable bonds is 0. The minimum atomic E-state index is 0.555. The van der Waals surface area contributed by atoms with Crippen LogP contribution in [0.3, 0.4) is 0 Å². The number of azo groups is 1. The number of hydrogen-bond acceptors (Lipinski definition) is 3. The highest BCUT2D eigenvalue weighted by Gasteiger charge is 2.12. The molecule has 0 spiro atoms. The second-order valence-electron chi connectivity index (χ2n) is 2.97. The standard InChI is InChI=1S/C9H8N4/c1-2-4-7-6(3-1)8-9(12-7)10-5-11-13-8/h1-4,10,12H,5H2. The number of aromatic amines is 1. The molecule has 2 aromatic rings. The Kier molecular flexibility index (Phi) is 1.19. The number of aromatic nitrogens is 1. The van der Waals surface area contributed by atoms with E-state index in [9.17, 15) is 0 Å². The Morgan fingerprint density at radius 3 is 3.15 bits per heavy atom. The molecule has 64 valence electrons. The molecule has 0 atom stereocenters. The van der Waals surface area contributed by atoms with E-state index in [1.54, 1.807) is 0 Å². The number of nitrogens with zero attached hydrogens (tertiary/aromatic N) is 2. The summed E-state index contributed by atoms with van der Waals surface area (Å²) in [6, 6.07) is 8.07. The molecule has 13 heavy (non-hydrogen) atoms. The predicted molar refractivity (Wildman–Crippen MR) is 51.3 cm³/mol. The van der Waals surface area contributed by atoms with Gasteiger partial charge in [0.25, 0.3) is 0 Å². The molecule has 4 nitrogen and oxygen atoms in total. The van der Waals surface area contributed by atoms with Crippen molar-refractivity contribution < 1.29 is 0 Å². The van der Waals surface area contributed by atoms with Gasteiger partial charge < -0.3 is 10.3 Å². The van der Waals surface area contributed by atoms with Crippen LogP contribution < -0.4 is 5.32 Å². The number of hydrogen-bond donors (Lipinski definition) is 2. The highest BCUT2D eigenvalue weighted by molar-refractivity contribution is 5.97. The second kappa shape index (κ2) is 2.32. The smallest absolute Gasteiger partial charge is 0.135 e. The number of nitrogens with one attached hydrogen (secondary N) is 2. The fourth-order valence-electron chi connectivity index (χ4n) is 1.58. The van der Waals surface area contributed by atoms with E-state index in [0.29, 0.717) is 6.67 Å². The van der Waals surface area contributed by atoms with Crippen molar-refractivity contribution in [2.45, 2.75) is 0 Å².